The molecule has 1 atom stereocenters. The molecule has 1 unspecified atom stereocenters. The fourth-order valence-electron chi connectivity index (χ4n) is 2.32. The molecule has 0 radical (unpaired) electrons. The molecule has 1 aromatic heterocycles. The van der Waals surface area contributed by atoms with Crippen molar-refractivity contribution in [2.24, 2.45) is 0 Å². The second-order valence-corrected chi connectivity index (χ2v) is 6.70. The van der Waals surface area contributed by atoms with Gasteiger partial charge in [-0.1, -0.05) is 23.5 Å². The number of thiazole rings is 1. The van der Waals surface area contributed by atoms with Gasteiger partial charge in [0, 0.05) is 5.69 Å². The van der Waals surface area contributed by atoms with Gasteiger partial charge in [-0.2, -0.15) is 0 Å². The zero-order valence-corrected chi connectivity index (χ0v) is 14.6. The third-order valence-corrected chi connectivity index (χ3v) is 4.43. The summed E-state index contributed by atoms with van der Waals surface area (Å²) >= 11 is 1.29. The zero-order chi connectivity index (χ0) is 18.0. The number of aryl methyl sites for hydroxylation is 1. The van der Waals surface area contributed by atoms with E-state index in [9.17, 15) is 9.59 Å². The number of benzene rings is 2. The van der Waals surface area contributed by atoms with Gasteiger partial charge in [-0.15, -0.1) is 0 Å². The molecule has 6 nitrogen and oxygen atoms in total. The summed E-state index contributed by atoms with van der Waals surface area (Å²) in [4.78, 5) is 28.6. The molecule has 2 aromatic carbocycles. The van der Waals surface area contributed by atoms with Crippen molar-refractivity contribution in [1.29, 1.82) is 0 Å². The van der Waals surface area contributed by atoms with Crippen LogP contribution in [0.3, 0.4) is 0 Å². The molecule has 128 valence electrons. The SMILES string of the molecule is Cc1cccc(NC(=O)C(C)OC(=O)c2ccc3nc(N)sc3c2)c1. The molecule has 0 saturated carbocycles. The first kappa shape index (κ1) is 16.9. The fourth-order valence-corrected chi connectivity index (χ4v) is 3.09. The second kappa shape index (κ2) is 6.90. The van der Waals surface area contributed by atoms with Crippen LogP contribution in [0, 0.1) is 6.92 Å². The highest BCUT2D eigenvalue weighted by atomic mass is 32.1. The van der Waals surface area contributed by atoms with E-state index < -0.39 is 12.1 Å². The Kier molecular flexibility index (Phi) is 4.67. The lowest BCUT2D eigenvalue weighted by Gasteiger charge is -2.14. The quantitative estimate of drug-likeness (QED) is 0.700. The topological polar surface area (TPSA) is 94.3 Å². The molecule has 25 heavy (non-hydrogen) atoms. The van der Waals surface area contributed by atoms with Gasteiger partial charge in [-0.25, -0.2) is 9.78 Å². The normalized spacial score (nSPS) is 11.9. The number of carbonyl (C=O) groups is 2. The van der Waals surface area contributed by atoms with Crippen molar-refractivity contribution in [3.63, 3.8) is 0 Å². The smallest absolute Gasteiger partial charge is 0.338 e. The zero-order valence-electron chi connectivity index (χ0n) is 13.8. The molecule has 3 N–H and O–H groups in total. The Morgan fingerprint density at radius 2 is 2.04 bits per heavy atom. The predicted octanol–water partition coefficient (Wildman–Crippen LogP) is 3.37. The largest absolute Gasteiger partial charge is 0.449 e. The van der Waals surface area contributed by atoms with Crippen molar-refractivity contribution in [3.05, 3.63) is 53.6 Å². The summed E-state index contributed by atoms with van der Waals surface area (Å²) in [6.07, 6.45) is -0.921. The van der Waals surface area contributed by atoms with Crippen LogP contribution in [-0.2, 0) is 9.53 Å². The standard InChI is InChI=1S/C18H17N3O3S/c1-10-4-3-5-13(8-10)20-16(22)11(2)24-17(23)12-6-7-14-15(9-12)25-18(19)21-14/h3-9,11H,1-2H3,(H2,19,21)(H,20,22). The lowest BCUT2D eigenvalue weighted by Crippen LogP contribution is -2.30. The molecule has 0 aliphatic heterocycles. The maximum Gasteiger partial charge on any atom is 0.338 e. The molecule has 3 rings (SSSR count). The molecule has 0 spiro atoms. The maximum atomic E-state index is 12.3. The number of hydrogen-bond donors (Lipinski definition) is 2. The van der Waals surface area contributed by atoms with Crippen LogP contribution < -0.4 is 11.1 Å². The summed E-state index contributed by atoms with van der Waals surface area (Å²) < 4.78 is 6.05. The van der Waals surface area contributed by atoms with E-state index in [0.717, 1.165) is 15.8 Å². The minimum atomic E-state index is -0.921. The van der Waals surface area contributed by atoms with E-state index in [1.54, 1.807) is 24.3 Å². The highest BCUT2D eigenvalue weighted by Gasteiger charge is 2.19. The highest BCUT2D eigenvalue weighted by molar-refractivity contribution is 7.22. The number of ether oxygens (including phenoxy) is 1. The number of hydrogen-bond acceptors (Lipinski definition) is 6. The third kappa shape index (κ3) is 3.95. The number of nitrogens with zero attached hydrogens (tertiary/aromatic N) is 1. The number of amides is 1. The van der Waals surface area contributed by atoms with Crippen molar-refractivity contribution in [2.75, 3.05) is 11.1 Å². The molecule has 0 aliphatic rings. The van der Waals surface area contributed by atoms with Gasteiger partial charge in [0.25, 0.3) is 5.91 Å². The van der Waals surface area contributed by atoms with Gasteiger partial charge in [-0.3, -0.25) is 4.79 Å². The van der Waals surface area contributed by atoms with Crippen molar-refractivity contribution in [2.45, 2.75) is 20.0 Å². The second-order valence-electron chi connectivity index (χ2n) is 5.64. The molecule has 0 fully saturated rings. The average Bonchev–Trinajstić information content (AvgIpc) is 2.93. The van der Waals surface area contributed by atoms with Crippen molar-refractivity contribution in [1.82, 2.24) is 4.98 Å². The van der Waals surface area contributed by atoms with Crippen molar-refractivity contribution < 1.29 is 14.3 Å². The Morgan fingerprint density at radius 1 is 1.24 bits per heavy atom. The van der Waals surface area contributed by atoms with Crippen LogP contribution in [0.4, 0.5) is 10.8 Å². The Hall–Kier alpha value is -2.93. The first-order chi connectivity index (χ1) is 11.9. The Morgan fingerprint density at radius 3 is 2.80 bits per heavy atom. The molecule has 3 aromatic rings. The highest BCUT2D eigenvalue weighted by Crippen LogP contribution is 2.25. The minimum Gasteiger partial charge on any atom is -0.449 e. The first-order valence-electron chi connectivity index (χ1n) is 7.67. The van der Waals surface area contributed by atoms with Crippen molar-refractivity contribution in [3.8, 4) is 0 Å². The Labute approximate surface area is 148 Å². The van der Waals surface area contributed by atoms with E-state index in [4.69, 9.17) is 10.5 Å². The van der Waals surface area contributed by atoms with Gasteiger partial charge in [0.05, 0.1) is 15.8 Å². The molecular weight excluding hydrogens is 338 g/mol. The number of nitrogens with two attached hydrogens (primary N) is 1. The van der Waals surface area contributed by atoms with E-state index in [0.29, 0.717) is 16.4 Å². The van der Waals surface area contributed by atoms with E-state index in [1.165, 1.54) is 18.3 Å². The number of nitrogen functional groups attached to an aromatic ring is 1. The van der Waals surface area contributed by atoms with Crippen LogP contribution in [0.5, 0.6) is 0 Å². The van der Waals surface area contributed by atoms with Crippen LogP contribution in [0.1, 0.15) is 22.8 Å². The van der Waals surface area contributed by atoms with Gasteiger partial charge < -0.3 is 15.8 Å². The molecule has 0 saturated heterocycles. The molecule has 0 bridgehead atoms. The number of carbonyl (C=O) groups excluding carboxylic acids is 2. The summed E-state index contributed by atoms with van der Waals surface area (Å²) in [6, 6.07) is 12.4. The van der Waals surface area contributed by atoms with Crippen LogP contribution in [0.25, 0.3) is 10.2 Å². The van der Waals surface area contributed by atoms with Crippen LogP contribution in [0.2, 0.25) is 0 Å². The lowest BCUT2D eigenvalue weighted by molar-refractivity contribution is -0.123. The fraction of sp³-hybridized carbons (Fsp3) is 0.167. The van der Waals surface area contributed by atoms with E-state index in [1.807, 2.05) is 25.1 Å². The third-order valence-electron chi connectivity index (χ3n) is 3.58. The van der Waals surface area contributed by atoms with Crippen LogP contribution >= 0.6 is 11.3 Å². The van der Waals surface area contributed by atoms with Gasteiger partial charge in [0.2, 0.25) is 0 Å². The van der Waals surface area contributed by atoms with Gasteiger partial charge in [0.1, 0.15) is 0 Å². The lowest BCUT2D eigenvalue weighted by atomic mass is 10.2. The predicted molar refractivity (Wildman–Crippen MR) is 98.7 cm³/mol. The summed E-state index contributed by atoms with van der Waals surface area (Å²) in [5, 5.41) is 3.17. The molecule has 0 aliphatic carbocycles. The number of anilines is 2. The number of aromatic nitrogens is 1. The number of rotatable bonds is 4. The summed E-state index contributed by atoms with van der Waals surface area (Å²) in [5.41, 5.74) is 8.43. The molecule has 1 amide bonds. The van der Waals surface area contributed by atoms with Gasteiger partial charge in [-0.05, 0) is 49.7 Å². The number of esters is 1. The number of fused-ring (bicyclic) bond motifs is 1. The molecular formula is C18H17N3O3S. The van der Waals surface area contributed by atoms with Gasteiger partial charge >= 0.3 is 5.97 Å². The minimum absolute atomic E-state index is 0.353. The summed E-state index contributed by atoms with van der Waals surface area (Å²) in [5.74, 6) is -0.956. The Bertz CT molecular complexity index is 952. The number of nitrogens with one attached hydrogen (secondary N) is 1. The van der Waals surface area contributed by atoms with Crippen molar-refractivity contribution >= 4 is 44.2 Å². The molecule has 7 heteroatoms. The van der Waals surface area contributed by atoms with E-state index >= 15 is 0 Å². The van der Waals surface area contributed by atoms with Crippen LogP contribution in [0.15, 0.2) is 42.5 Å². The summed E-state index contributed by atoms with van der Waals surface area (Å²) in [7, 11) is 0. The molecule has 1 heterocycles. The maximum absolute atomic E-state index is 12.3. The van der Waals surface area contributed by atoms with E-state index in [2.05, 4.69) is 10.3 Å². The average molecular weight is 355 g/mol. The monoisotopic (exact) mass is 355 g/mol. The van der Waals surface area contributed by atoms with Crippen LogP contribution in [-0.4, -0.2) is 23.0 Å². The summed E-state index contributed by atoms with van der Waals surface area (Å²) in [6.45, 7) is 3.47. The Balaban J connectivity index is 1.67. The van der Waals surface area contributed by atoms with Gasteiger partial charge in [0.15, 0.2) is 11.2 Å². The first-order valence-corrected chi connectivity index (χ1v) is 8.48. The van der Waals surface area contributed by atoms with E-state index in [-0.39, 0.29) is 5.91 Å².